The van der Waals surface area contributed by atoms with Crippen LogP contribution in [0.3, 0.4) is 0 Å². The fourth-order valence-corrected chi connectivity index (χ4v) is 2.99. The highest BCUT2D eigenvalue weighted by atomic mass is 16.2. The van der Waals surface area contributed by atoms with Crippen molar-refractivity contribution >= 4 is 17.6 Å². The molecule has 0 aromatic carbocycles. The normalized spacial score (nSPS) is 24.5. The molecule has 1 saturated carbocycles. The molecule has 7 heteroatoms. The number of aromatic nitrogens is 2. The minimum atomic E-state index is -0.647. The number of primary amides is 1. The highest BCUT2D eigenvalue weighted by Gasteiger charge is 2.37. The van der Waals surface area contributed by atoms with Gasteiger partial charge in [-0.2, -0.15) is 10.4 Å². The summed E-state index contributed by atoms with van der Waals surface area (Å²) in [5.74, 6) is -0.186. The van der Waals surface area contributed by atoms with E-state index < -0.39 is 11.4 Å². The first kappa shape index (κ1) is 16.0. The summed E-state index contributed by atoms with van der Waals surface area (Å²) in [7, 11) is 0. The van der Waals surface area contributed by atoms with Gasteiger partial charge < -0.3 is 11.1 Å². The average molecular weight is 303 g/mol. The van der Waals surface area contributed by atoms with Gasteiger partial charge in [-0.05, 0) is 31.6 Å². The number of hydrogen-bond donors (Lipinski definition) is 2. The van der Waals surface area contributed by atoms with Crippen molar-refractivity contribution < 1.29 is 9.59 Å². The van der Waals surface area contributed by atoms with Gasteiger partial charge in [0.2, 0.25) is 5.91 Å². The molecule has 1 fully saturated rings. The molecule has 1 aliphatic rings. The van der Waals surface area contributed by atoms with Crippen molar-refractivity contribution in [3.63, 3.8) is 0 Å². The Labute approximate surface area is 129 Å². The van der Waals surface area contributed by atoms with Crippen LogP contribution < -0.4 is 11.1 Å². The van der Waals surface area contributed by atoms with Gasteiger partial charge in [0.1, 0.15) is 5.56 Å². The molecule has 22 heavy (non-hydrogen) atoms. The third-order valence-corrected chi connectivity index (χ3v) is 4.37. The summed E-state index contributed by atoms with van der Waals surface area (Å²) in [5, 5.41) is 16.1. The Morgan fingerprint density at radius 3 is 2.68 bits per heavy atom. The molecule has 3 N–H and O–H groups in total. The van der Waals surface area contributed by atoms with Crippen LogP contribution in [0.15, 0.2) is 6.20 Å². The van der Waals surface area contributed by atoms with E-state index in [2.05, 4.69) is 23.4 Å². The van der Waals surface area contributed by atoms with Gasteiger partial charge >= 0.3 is 0 Å². The molecule has 1 aromatic rings. The van der Waals surface area contributed by atoms with Gasteiger partial charge in [0.05, 0.1) is 18.0 Å². The van der Waals surface area contributed by atoms with Gasteiger partial charge in [0.25, 0.3) is 5.91 Å². The average Bonchev–Trinajstić information content (AvgIpc) is 2.85. The number of carbonyl (C=O) groups is 2. The van der Waals surface area contributed by atoms with Crippen LogP contribution in [0.1, 0.15) is 56.3 Å². The lowest BCUT2D eigenvalue weighted by Crippen LogP contribution is -2.37. The summed E-state index contributed by atoms with van der Waals surface area (Å²) in [6.45, 7) is 3.54. The zero-order valence-corrected chi connectivity index (χ0v) is 12.9. The quantitative estimate of drug-likeness (QED) is 0.882. The Kier molecular flexibility index (Phi) is 4.50. The van der Waals surface area contributed by atoms with Crippen molar-refractivity contribution in [3.8, 4) is 6.07 Å². The molecule has 0 unspecified atom stereocenters. The summed E-state index contributed by atoms with van der Waals surface area (Å²) in [4.78, 5) is 22.8. The monoisotopic (exact) mass is 303 g/mol. The van der Waals surface area contributed by atoms with Crippen molar-refractivity contribution in [2.45, 2.75) is 51.5 Å². The van der Waals surface area contributed by atoms with E-state index in [1.165, 1.54) is 6.92 Å². The predicted molar refractivity (Wildman–Crippen MR) is 80.9 cm³/mol. The van der Waals surface area contributed by atoms with E-state index in [-0.39, 0.29) is 17.3 Å². The molecule has 0 saturated heterocycles. The van der Waals surface area contributed by atoms with E-state index in [4.69, 9.17) is 5.73 Å². The van der Waals surface area contributed by atoms with E-state index in [1.807, 2.05) is 0 Å². The maximum absolute atomic E-state index is 11.6. The summed E-state index contributed by atoms with van der Waals surface area (Å²) in [6.07, 6.45) is 5.52. The summed E-state index contributed by atoms with van der Waals surface area (Å²) >= 11 is 0. The standard InChI is InChI=1S/C15H21N5O2/c1-10-3-5-15(6-4-10,7-8-16)20-9-12(13(17)22)14(19-20)18-11(2)21/h9-10H,3-7H2,1-2H3,(H2,17,22)(H,18,19,21). The first-order chi connectivity index (χ1) is 10.4. The number of nitriles is 1. The second-order valence-electron chi connectivity index (χ2n) is 6.12. The third-order valence-electron chi connectivity index (χ3n) is 4.37. The Hall–Kier alpha value is -2.36. The van der Waals surface area contributed by atoms with Gasteiger partial charge in [-0.15, -0.1) is 0 Å². The molecular formula is C15H21N5O2. The number of carbonyl (C=O) groups excluding carboxylic acids is 2. The molecular weight excluding hydrogens is 282 g/mol. The lowest BCUT2D eigenvalue weighted by molar-refractivity contribution is -0.114. The third kappa shape index (κ3) is 3.11. The fourth-order valence-electron chi connectivity index (χ4n) is 2.99. The number of rotatable bonds is 4. The van der Waals surface area contributed by atoms with Crippen LogP contribution in [-0.4, -0.2) is 21.6 Å². The maximum Gasteiger partial charge on any atom is 0.254 e. The van der Waals surface area contributed by atoms with Crippen molar-refractivity contribution in [2.24, 2.45) is 11.7 Å². The Morgan fingerprint density at radius 1 is 1.55 bits per heavy atom. The number of nitrogens with two attached hydrogens (primary N) is 1. The van der Waals surface area contributed by atoms with E-state index in [1.54, 1.807) is 10.9 Å². The molecule has 1 aromatic heterocycles. The summed E-state index contributed by atoms with van der Waals surface area (Å²) in [6, 6.07) is 2.23. The first-order valence-electron chi connectivity index (χ1n) is 7.42. The molecule has 1 aliphatic carbocycles. The maximum atomic E-state index is 11.6. The van der Waals surface area contributed by atoms with Crippen LogP contribution in [0.2, 0.25) is 0 Å². The fraction of sp³-hybridized carbons (Fsp3) is 0.600. The van der Waals surface area contributed by atoms with Crippen LogP contribution in [0, 0.1) is 17.2 Å². The minimum absolute atomic E-state index is 0.163. The number of anilines is 1. The smallest absolute Gasteiger partial charge is 0.254 e. The second-order valence-corrected chi connectivity index (χ2v) is 6.12. The molecule has 2 rings (SSSR count). The SMILES string of the molecule is CC(=O)Nc1nn(C2(CC#N)CCC(C)CC2)cc1C(N)=O. The van der Waals surface area contributed by atoms with Crippen molar-refractivity contribution in [2.75, 3.05) is 5.32 Å². The van der Waals surface area contributed by atoms with Gasteiger partial charge in [-0.3, -0.25) is 14.3 Å². The molecule has 1 heterocycles. The minimum Gasteiger partial charge on any atom is -0.365 e. The molecule has 0 bridgehead atoms. The molecule has 0 spiro atoms. The van der Waals surface area contributed by atoms with E-state index in [9.17, 15) is 14.9 Å². The first-order valence-corrected chi connectivity index (χ1v) is 7.42. The second kappa shape index (κ2) is 6.18. The topological polar surface area (TPSA) is 114 Å². The van der Waals surface area contributed by atoms with Gasteiger partial charge in [0.15, 0.2) is 5.82 Å². The lowest BCUT2D eigenvalue weighted by Gasteiger charge is -2.38. The van der Waals surface area contributed by atoms with Crippen LogP contribution in [0.4, 0.5) is 5.82 Å². The Balaban J connectivity index is 2.42. The van der Waals surface area contributed by atoms with Crippen LogP contribution in [-0.2, 0) is 10.3 Å². The molecule has 7 nitrogen and oxygen atoms in total. The van der Waals surface area contributed by atoms with Gasteiger partial charge in [-0.1, -0.05) is 6.92 Å². The lowest BCUT2D eigenvalue weighted by atomic mass is 9.75. The number of amides is 2. The van der Waals surface area contributed by atoms with Gasteiger partial charge in [0, 0.05) is 13.1 Å². The number of hydrogen-bond acceptors (Lipinski definition) is 4. The Morgan fingerprint density at radius 2 is 2.18 bits per heavy atom. The Bertz CT molecular complexity index is 620. The van der Waals surface area contributed by atoms with Crippen molar-refractivity contribution in [1.29, 1.82) is 5.26 Å². The zero-order chi connectivity index (χ0) is 16.3. The van der Waals surface area contributed by atoms with Crippen molar-refractivity contribution in [3.05, 3.63) is 11.8 Å². The van der Waals surface area contributed by atoms with Crippen LogP contribution >= 0.6 is 0 Å². The highest BCUT2D eigenvalue weighted by molar-refractivity contribution is 6.01. The molecule has 0 atom stereocenters. The molecule has 2 amide bonds. The van der Waals surface area contributed by atoms with Gasteiger partial charge in [-0.25, -0.2) is 0 Å². The largest absolute Gasteiger partial charge is 0.365 e. The summed E-state index contributed by atoms with van der Waals surface area (Å²) in [5.41, 5.74) is 5.11. The summed E-state index contributed by atoms with van der Waals surface area (Å²) < 4.78 is 1.66. The van der Waals surface area contributed by atoms with Crippen LogP contribution in [0.25, 0.3) is 0 Å². The zero-order valence-electron chi connectivity index (χ0n) is 12.9. The molecule has 0 radical (unpaired) electrons. The number of nitrogens with one attached hydrogen (secondary N) is 1. The predicted octanol–water partition coefficient (Wildman–Crippen LogP) is 1.76. The molecule has 0 aliphatic heterocycles. The van der Waals surface area contributed by atoms with Crippen LogP contribution in [0.5, 0.6) is 0 Å². The highest BCUT2D eigenvalue weighted by Crippen LogP contribution is 2.40. The van der Waals surface area contributed by atoms with E-state index in [0.717, 1.165) is 25.7 Å². The number of nitrogens with zero attached hydrogens (tertiary/aromatic N) is 3. The molecule has 118 valence electrons. The van der Waals surface area contributed by atoms with E-state index >= 15 is 0 Å². The van der Waals surface area contributed by atoms with E-state index in [0.29, 0.717) is 12.3 Å². The van der Waals surface area contributed by atoms with Crippen molar-refractivity contribution in [1.82, 2.24) is 9.78 Å².